The van der Waals surface area contributed by atoms with Crippen LogP contribution < -0.4 is 4.90 Å². The molecule has 26 heavy (non-hydrogen) atoms. The number of fused-ring (bicyclic) bond motifs is 2. The standard InChI is InChI=1S/C23H29NO2/c1-18(26-23-12-6-7-17-25-23)15-16-24-21-10-4-2-8-19(21)13-14-20-9-3-5-11-22(20)24/h2-5,8-11,18,23H,6-7,12-17H2,1H3/t18?,23-/m0/s1. The average Bonchev–Trinajstić information content (AvgIpc) is 2.84. The molecule has 0 saturated carbocycles. The topological polar surface area (TPSA) is 21.7 Å². The van der Waals surface area contributed by atoms with E-state index in [-0.39, 0.29) is 12.4 Å². The van der Waals surface area contributed by atoms with Gasteiger partial charge in [0.1, 0.15) is 0 Å². The molecule has 2 aromatic carbocycles. The van der Waals surface area contributed by atoms with Crippen LogP contribution in [0.4, 0.5) is 11.4 Å². The second-order valence-electron chi connectivity index (χ2n) is 7.44. The summed E-state index contributed by atoms with van der Waals surface area (Å²) in [7, 11) is 0. The molecule has 0 spiro atoms. The summed E-state index contributed by atoms with van der Waals surface area (Å²) in [6.07, 6.45) is 6.78. The fourth-order valence-electron chi connectivity index (χ4n) is 4.07. The van der Waals surface area contributed by atoms with E-state index in [1.165, 1.54) is 28.9 Å². The molecule has 2 aliphatic heterocycles. The first-order chi connectivity index (χ1) is 12.8. The van der Waals surface area contributed by atoms with Crippen LogP contribution in [-0.2, 0) is 22.3 Å². The number of para-hydroxylation sites is 2. The zero-order chi connectivity index (χ0) is 17.8. The van der Waals surface area contributed by atoms with Crippen LogP contribution in [0.15, 0.2) is 48.5 Å². The Morgan fingerprint density at radius 1 is 1.00 bits per heavy atom. The lowest BCUT2D eigenvalue weighted by atomic mass is 10.0. The van der Waals surface area contributed by atoms with E-state index in [1.54, 1.807) is 0 Å². The van der Waals surface area contributed by atoms with Gasteiger partial charge in [0, 0.05) is 24.5 Å². The van der Waals surface area contributed by atoms with Crippen LogP contribution in [0, 0.1) is 0 Å². The van der Waals surface area contributed by atoms with Crippen molar-refractivity contribution >= 4 is 11.4 Å². The quantitative estimate of drug-likeness (QED) is 0.735. The van der Waals surface area contributed by atoms with Crippen molar-refractivity contribution in [3.05, 3.63) is 59.7 Å². The molecule has 1 saturated heterocycles. The van der Waals surface area contributed by atoms with Gasteiger partial charge in [-0.2, -0.15) is 0 Å². The van der Waals surface area contributed by atoms with Gasteiger partial charge in [0.05, 0.1) is 6.10 Å². The number of benzene rings is 2. The minimum Gasteiger partial charge on any atom is -0.353 e. The van der Waals surface area contributed by atoms with Gasteiger partial charge in [-0.05, 0) is 68.7 Å². The van der Waals surface area contributed by atoms with Gasteiger partial charge in [0.25, 0.3) is 0 Å². The zero-order valence-electron chi connectivity index (χ0n) is 15.7. The maximum absolute atomic E-state index is 6.14. The van der Waals surface area contributed by atoms with E-state index in [0.717, 1.165) is 45.3 Å². The molecule has 4 rings (SSSR count). The lowest BCUT2D eigenvalue weighted by Gasteiger charge is -2.30. The molecule has 0 radical (unpaired) electrons. The molecule has 2 heterocycles. The largest absolute Gasteiger partial charge is 0.353 e. The average molecular weight is 351 g/mol. The molecule has 0 aromatic heterocycles. The zero-order valence-corrected chi connectivity index (χ0v) is 15.7. The number of anilines is 2. The van der Waals surface area contributed by atoms with Crippen molar-refractivity contribution in [2.45, 2.75) is 57.8 Å². The van der Waals surface area contributed by atoms with Gasteiger partial charge in [0.15, 0.2) is 6.29 Å². The van der Waals surface area contributed by atoms with Crippen molar-refractivity contribution in [2.24, 2.45) is 0 Å². The molecule has 2 aliphatic rings. The molecule has 0 aliphatic carbocycles. The molecule has 1 fully saturated rings. The van der Waals surface area contributed by atoms with Crippen LogP contribution in [0.2, 0.25) is 0 Å². The molecular weight excluding hydrogens is 322 g/mol. The highest BCUT2D eigenvalue weighted by molar-refractivity contribution is 5.71. The molecule has 138 valence electrons. The Balaban J connectivity index is 1.49. The lowest BCUT2D eigenvalue weighted by Crippen LogP contribution is -2.29. The van der Waals surface area contributed by atoms with Gasteiger partial charge < -0.3 is 14.4 Å². The van der Waals surface area contributed by atoms with E-state index in [2.05, 4.69) is 60.4 Å². The highest BCUT2D eigenvalue weighted by atomic mass is 16.7. The molecule has 2 aromatic rings. The van der Waals surface area contributed by atoms with Gasteiger partial charge in [-0.25, -0.2) is 0 Å². The fraction of sp³-hybridized carbons (Fsp3) is 0.478. The summed E-state index contributed by atoms with van der Waals surface area (Å²) in [4.78, 5) is 2.49. The predicted octanol–water partition coefficient (Wildman–Crippen LogP) is 5.25. The van der Waals surface area contributed by atoms with Crippen LogP contribution in [0.1, 0.15) is 43.7 Å². The Kier molecular flexibility index (Phi) is 5.57. The van der Waals surface area contributed by atoms with Gasteiger partial charge in [-0.15, -0.1) is 0 Å². The molecule has 0 N–H and O–H groups in total. The van der Waals surface area contributed by atoms with Gasteiger partial charge in [0.2, 0.25) is 0 Å². The summed E-state index contributed by atoms with van der Waals surface area (Å²) in [5.41, 5.74) is 5.57. The molecule has 0 amide bonds. The number of aryl methyl sites for hydroxylation is 2. The minimum absolute atomic E-state index is 0.0116. The predicted molar refractivity (Wildman–Crippen MR) is 106 cm³/mol. The fourth-order valence-corrected chi connectivity index (χ4v) is 4.07. The number of hydrogen-bond donors (Lipinski definition) is 0. The third kappa shape index (κ3) is 3.94. The summed E-state index contributed by atoms with van der Waals surface area (Å²) < 4.78 is 11.9. The molecule has 1 unspecified atom stereocenters. The SMILES string of the molecule is CC(CCN1c2ccccc2CCc2ccccc21)O[C@H]1CCCCO1. The highest BCUT2D eigenvalue weighted by Gasteiger charge is 2.22. The first-order valence-electron chi connectivity index (χ1n) is 10.0. The summed E-state index contributed by atoms with van der Waals surface area (Å²) in [6.45, 7) is 3.97. The lowest BCUT2D eigenvalue weighted by molar-refractivity contribution is -0.184. The van der Waals surface area contributed by atoms with Crippen LogP contribution in [0.3, 0.4) is 0 Å². The summed E-state index contributed by atoms with van der Waals surface area (Å²) >= 11 is 0. The van der Waals surface area contributed by atoms with Crippen molar-refractivity contribution in [1.29, 1.82) is 0 Å². The van der Waals surface area contributed by atoms with Crippen LogP contribution in [-0.4, -0.2) is 25.5 Å². The van der Waals surface area contributed by atoms with E-state index in [4.69, 9.17) is 9.47 Å². The third-order valence-corrected chi connectivity index (χ3v) is 5.51. The highest BCUT2D eigenvalue weighted by Crippen LogP contribution is 2.36. The monoisotopic (exact) mass is 351 g/mol. The van der Waals surface area contributed by atoms with Gasteiger partial charge >= 0.3 is 0 Å². The van der Waals surface area contributed by atoms with Crippen molar-refractivity contribution in [3.8, 4) is 0 Å². The Labute approximate surface area is 156 Å². The van der Waals surface area contributed by atoms with Crippen molar-refractivity contribution in [2.75, 3.05) is 18.1 Å². The Morgan fingerprint density at radius 2 is 1.65 bits per heavy atom. The number of nitrogens with zero attached hydrogens (tertiary/aromatic N) is 1. The molecule has 3 heteroatoms. The first-order valence-corrected chi connectivity index (χ1v) is 10.0. The van der Waals surface area contributed by atoms with E-state index in [1.807, 2.05) is 0 Å². The summed E-state index contributed by atoms with van der Waals surface area (Å²) in [6, 6.07) is 17.7. The van der Waals surface area contributed by atoms with Crippen molar-refractivity contribution < 1.29 is 9.47 Å². The minimum atomic E-state index is -0.0116. The van der Waals surface area contributed by atoms with Crippen LogP contribution in [0.25, 0.3) is 0 Å². The molecule has 0 bridgehead atoms. The van der Waals surface area contributed by atoms with E-state index >= 15 is 0 Å². The van der Waals surface area contributed by atoms with Gasteiger partial charge in [-0.1, -0.05) is 36.4 Å². The Morgan fingerprint density at radius 3 is 2.27 bits per heavy atom. The first kappa shape index (κ1) is 17.6. The Bertz CT molecular complexity index is 676. The maximum Gasteiger partial charge on any atom is 0.157 e. The van der Waals surface area contributed by atoms with E-state index < -0.39 is 0 Å². The normalized spacial score (nSPS) is 20.8. The number of hydrogen-bond acceptors (Lipinski definition) is 3. The van der Waals surface area contributed by atoms with E-state index in [0.29, 0.717) is 0 Å². The molecule has 2 atom stereocenters. The second kappa shape index (κ2) is 8.24. The number of ether oxygens (including phenoxy) is 2. The van der Waals surface area contributed by atoms with Gasteiger partial charge in [-0.3, -0.25) is 0 Å². The maximum atomic E-state index is 6.14. The van der Waals surface area contributed by atoms with Crippen LogP contribution >= 0.6 is 0 Å². The Hall–Kier alpha value is -1.84. The van der Waals surface area contributed by atoms with E-state index in [9.17, 15) is 0 Å². The van der Waals surface area contributed by atoms with Crippen molar-refractivity contribution in [3.63, 3.8) is 0 Å². The number of rotatable bonds is 5. The molecule has 3 nitrogen and oxygen atoms in total. The van der Waals surface area contributed by atoms with Crippen molar-refractivity contribution in [1.82, 2.24) is 0 Å². The molecular formula is C23H29NO2. The van der Waals surface area contributed by atoms with Crippen LogP contribution in [0.5, 0.6) is 0 Å². The second-order valence-corrected chi connectivity index (χ2v) is 7.44. The third-order valence-electron chi connectivity index (χ3n) is 5.51. The summed E-state index contributed by atoms with van der Waals surface area (Å²) in [5, 5.41) is 0. The smallest absolute Gasteiger partial charge is 0.157 e. The summed E-state index contributed by atoms with van der Waals surface area (Å²) in [5.74, 6) is 0.